The zero-order valence-corrected chi connectivity index (χ0v) is 12.4. The molecule has 0 aromatic carbocycles. The summed E-state index contributed by atoms with van der Waals surface area (Å²) in [6.07, 6.45) is 5.29. The lowest BCUT2D eigenvalue weighted by molar-refractivity contribution is 0.318. The second-order valence-electron chi connectivity index (χ2n) is 5.16. The number of nitrogens with zero attached hydrogens (tertiary/aromatic N) is 2. The average molecular weight is 302 g/mol. The highest BCUT2D eigenvalue weighted by Gasteiger charge is 2.20. The Balaban J connectivity index is 1.69. The molecule has 21 heavy (non-hydrogen) atoms. The maximum absolute atomic E-state index is 8.71. The number of oxime groups is 1. The largest absolute Gasteiger partial charge is 0.409 e. The van der Waals surface area contributed by atoms with Crippen molar-refractivity contribution in [3.05, 3.63) is 51.5 Å². The zero-order valence-electron chi connectivity index (χ0n) is 11.6. The molecule has 2 aromatic rings. The van der Waals surface area contributed by atoms with Crippen LogP contribution in [0.4, 0.5) is 0 Å². The van der Waals surface area contributed by atoms with E-state index in [9.17, 15) is 0 Å². The lowest BCUT2D eigenvalue weighted by Gasteiger charge is -2.24. The minimum atomic E-state index is 0.0367. The van der Waals surface area contributed by atoms with Gasteiger partial charge in [0.05, 0.1) is 0 Å². The summed E-state index contributed by atoms with van der Waals surface area (Å²) in [7, 11) is 0. The van der Waals surface area contributed by atoms with Crippen molar-refractivity contribution >= 4 is 17.2 Å². The summed E-state index contributed by atoms with van der Waals surface area (Å²) in [4.78, 5) is 5.60. The number of hydrogen-bond acceptors (Lipinski definition) is 5. The fourth-order valence-corrected chi connectivity index (χ4v) is 3.70. The molecule has 2 aromatic heterocycles. The molecule has 4 N–H and O–H groups in total. The normalized spacial score (nSPS) is 18.5. The summed E-state index contributed by atoms with van der Waals surface area (Å²) < 4.78 is 0. The molecule has 2 heterocycles. The van der Waals surface area contributed by atoms with Gasteiger partial charge in [-0.25, -0.2) is 0 Å². The molecule has 1 aliphatic carbocycles. The van der Waals surface area contributed by atoms with Gasteiger partial charge in [-0.1, -0.05) is 5.16 Å². The van der Waals surface area contributed by atoms with Crippen LogP contribution in [0.25, 0.3) is 0 Å². The van der Waals surface area contributed by atoms with Crippen LogP contribution in [0.1, 0.15) is 40.6 Å². The molecule has 0 saturated carbocycles. The Bertz CT molecular complexity index is 653. The van der Waals surface area contributed by atoms with Gasteiger partial charge in [-0.05, 0) is 54.0 Å². The van der Waals surface area contributed by atoms with E-state index in [0.717, 1.165) is 12.1 Å². The van der Waals surface area contributed by atoms with E-state index in [1.165, 1.54) is 29.7 Å². The van der Waals surface area contributed by atoms with E-state index in [1.54, 1.807) is 6.20 Å². The van der Waals surface area contributed by atoms with Crippen molar-refractivity contribution < 1.29 is 5.21 Å². The van der Waals surface area contributed by atoms with Crippen LogP contribution >= 0.6 is 11.3 Å². The number of thiophene rings is 1. The van der Waals surface area contributed by atoms with E-state index in [-0.39, 0.29) is 5.84 Å². The van der Waals surface area contributed by atoms with E-state index in [2.05, 4.69) is 26.9 Å². The Morgan fingerprint density at radius 1 is 1.52 bits per heavy atom. The van der Waals surface area contributed by atoms with Crippen LogP contribution in [-0.2, 0) is 13.0 Å². The molecule has 0 fully saturated rings. The van der Waals surface area contributed by atoms with Crippen LogP contribution in [-0.4, -0.2) is 16.0 Å². The molecule has 0 aliphatic heterocycles. The van der Waals surface area contributed by atoms with Gasteiger partial charge in [0.25, 0.3) is 0 Å². The van der Waals surface area contributed by atoms with Crippen molar-refractivity contribution in [1.29, 1.82) is 0 Å². The molecule has 0 radical (unpaired) electrons. The molecule has 1 unspecified atom stereocenters. The number of fused-ring (bicyclic) bond motifs is 1. The van der Waals surface area contributed by atoms with Crippen LogP contribution < -0.4 is 11.1 Å². The Hall–Kier alpha value is -1.92. The maximum Gasteiger partial charge on any atom is 0.188 e. The number of aromatic nitrogens is 1. The predicted molar refractivity (Wildman–Crippen MR) is 83.6 cm³/mol. The van der Waals surface area contributed by atoms with Crippen molar-refractivity contribution in [3.8, 4) is 0 Å². The van der Waals surface area contributed by atoms with Gasteiger partial charge >= 0.3 is 0 Å². The lowest BCUT2D eigenvalue weighted by Crippen LogP contribution is -2.24. The highest BCUT2D eigenvalue weighted by molar-refractivity contribution is 7.10. The van der Waals surface area contributed by atoms with Crippen molar-refractivity contribution in [2.75, 3.05) is 0 Å². The van der Waals surface area contributed by atoms with Gasteiger partial charge in [0, 0.05) is 23.7 Å². The van der Waals surface area contributed by atoms with Crippen molar-refractivity contribution in [2.45, 2.75) is 31.8 Å². The molecule has 0 amide bonds. The number of hydrogen-bond donors (Lipinski definition) is 3. The molecular formula is C15H18N4OS. The molecule has 110 valence electrons. The van der Waals surface area contributed by atoms with Gasteiger partial charge in [-0.3, -0.25) is 4.98 Å². The topological polar surface area (TPSA) is 83.5 Å². The first-order chi connectivity index (χ1) is 10.3. The summed E-state index contributed by atoms with van der Waals surface area (Å²) >= 11 is 1.85. The van der Waals surface area contributed by atoms with Gasteiger partial charge in [0.1, 0.15) is 5.69 Å². The zero-order chi connectivity index (χ0) is 14.7. The van der Waals surface area contributed by atoms with E-state index < -0.39 is 0 Å². The number of pyridine rings is 1. The molecule has 0 bridgehead atoms. The van der Waals surface area contributed by atoms with Crippen LogP contribution in [0, 0.1) is 0 Å². The maximum atomic E-state index is 8.71. The first kappa shape index (κ1) is 14.0. The van der Waals surface area contributed by atoms with Gasteiger partial charge < -0.3 is 16.3 Å². The Labute approximate surface area is 127 Å². The summed E-state index contributed by atoms with van der Waals surface area (Å²) in [6.45, 7) is 0.744. The first-order valence-electron chi connectivity index (χ1n) is 7.00. The second-order valence-corrected chi connectivity index (χ2v) is 6.16. The summed E-state index contributed by atoms with van der Waals surface area (Å²) in [6, 6.07) is 6.43. The third-order valence-electron chi connectivity index (χ3n) is 3.80. The Morgan fingerprint density at radius 2 is 2.43 bits per heavy atom. The molecule has 1 aliphatic rings. The van der Waals surface area contributed by atoms with Crippen molar-refractivity contribution in [2.24, 2.45) is 10.9 Å². The molecule has 5 nitrogen and oxygen atoms in total. The number of nitrogens with one attached hydrogen (secondary N) is 1. The number of rotatable bonds is 4. The third-order valence-corrected chi connectivity index (χ3v) is 4.80. The highest BCUT2D eigenvalue weighted by atomic mass is 32.1. The summed E-state index contributed by atoms with van der Waals surface area (Å²) in [5.74, 6) is 0.0367. The number of aryl methyl sites for hydroxylation is 1. The van der Waals surface area contributed by atoms with Gasteiger partial charge in [0.15, 0.2) is 5.84 Å². The molecule has 0 spiro atoms. The Kier molecular flexibility index (Phi) is 4.17. The molecule has 3 rings (SSSR count). The summed E-state index contributed by atoms with van der Waals surface area (Å²) in [5.41, 5.74) is 8.59. The Morgan fingerprint density at radius 3 is 3.29 bits per heavy atom. The van der Waals surface area contributed by atoms with Crippen molar-refractivity contribution in [3.63, 3.8) is 0 Å². The van der Waals surface area contributed by atoms with E-state index in [0.29, 0.717) is 11.7 Å². The summed E-state index contributed by atoms with van der Waals surface area (Å²) in [5, 5.41) is 17.5. The average Bonchev–Trinajstić information content (AvgIpc) is 3.01. The number of amidine groups is 1. The number of nitrogens with two attached hydrogens (primary N) is 1. The molecule has 6 heteroatoms. The van der Waals surface area contributed by atoms with Crippen LogP contribution in [0.5, 0.6) is 0 Å². The minimum Gasteiger partial charge on any atom is -0.409 e. The van der Waals surface area contributed by atoms with Crippen LogP contribution in [0.2, 0.25) is 0 Å². The SMILES string of the molecule is NC(=NO)c1cc(CNC2CCCc3sccc32)ccn1. The third kappa shape index (κ3) is 3.06. The fraction of sp³-hybridized carbons (Fsp3) is 0.333. The predicted octanol–water partition coefficient (Wildman–Crippen LogP) is 2.40. The quantitative estimate of drug-likeness (QED) is 0.350. The van der Waals surface area contributed by atoms with Gasteiger partial charge in [0.2, 0.25) is 0 Å². The van der Waals surface area contributed by atoms with Gasteiger partial charge in [-0.15, -0.1) is 11.3 Å². The molecule has 1 atom stereocenters. The van der Waals surface area contributed by atoms with E-state index in [1.807, 2.05) is 23.5 Å². The lowest BCUT2D eigenvalue weighted by atomic mass is 9.94. The minimum absolute atomic E-state index is 0.0367. The van der Waals surface area contributed by atoms with E-state index >= 15 is 0 Å². The smallest absolute Gasteiger partial charge is 0.188 e. The standard InChI is InChI=1S/C15H18N4OS/c16-15(19-20)13-8-10(4-6-17-13)9-18-12-2-1-3-14-11(12)5-7-21-14/h4-8,12,18,20H,1-3,9H2,(H2,16,19). The fourth-order valence-electron chi connectivity index (χ4n) is 2.72. The highest BCUT2D eigenvalue weighted by Crippen LogP contribution is 2.33. The van der Waals surface area contributed by atoms with Crippen LogP contribution in [0.15, 0.2) is 34.9 Å². The molecule has 0 saturated heterocycles. The van der Waals surface area contributed by atoms with Crippen LogP contribution in [0.3, 0.4) is 0 Å². The van der Waals surface area contributed by atoms with Crippen molar-refractivity contribution in [1.82, 2.24) is 10.3 Å². The first-order valence-corrected chi connectivity index (χ1v) is 7.88. The molecular weight excluding hydrogens is 284 g/mol. The monoisotopic (exact) mass is 302 g/mol. The second kappa shape index (κ2) is 6.24. The van der Waals surface area contributed by atoms with Gasteiger partial charge in [-0.2, -0.15) is 0 Å². The van der Waals surface area contributed by atoms with E-state index in [4.69, 9.17) is 10.9 Å².